The molecule has 0 radical (unpaired) electrons. The molecule has 0 fully saturated rings. The van der Waals surface area contributed by atoms with E-state index in [0.29, 0.717) is 25.7 Å². The predicted molar refractivity (Wildman–Crippen MR) is 349 cm³/mol. The molecule has 0 aliphatic rings. The first-order valence-electron chi connectivity index (χ1n) is 35.5. The van der Waals surface area contributed by atoms with Crippen LogP contribution in [0.3, 0.4) is 0 Å². The van der Waals surface area contributed by atoms with Gasteiger partial charge in [-0.2, -0.15) is 0 Å². The Morgan fingerprint density at radius 3 is 0.874 bits per heavy atom. The molecule has 3 unspecified atom stereocenters. The molecule has 0 aliphatic carbocycles. The number of unbranched alkanes of at least 4 members (excludes halogenated alkanes) is 36. The van der Waals surface area contributed by atoms with E-state index in [9.17, 15) is 43.2 Å². The van der Waals surface area contributed by atoms with Gasteiger partial charge in [-0.1, -0.05) is 292 Å². The van der Waals surface area contributed by atoms with Crippen molar-refractivity contribution < 1.29 is 80.2 Å². The van der Waals surface area contributed by atoms with Crippen LogP contribution in [0.15, 0.2) is 0 Å². The predicted octanol–water partition coefficient (Wildman–Crippen LogP) is 19.2. The molecule has 0 bridgehead atoms. The zero-order valence-corrected chi connectivity index (χ0v) is 58.1. The van der Waals surface area contributed by atoms with Gasteiger partial charge < -0.3 is 33.8 Å². The van der Waals surface area contributed by atoms with Crippen molar-refractivity contribution in [2.24, 2.45) is 11.8 Å². The van der Waals surface area contributed by atoms with Crippen LogP contribution in [-0.4, -0.2) is 96.7 Å². The average molecular weight is 1280 g/mol. The molecule has 17 nitrogen and oxygen atoms in total. The highest BCUT2D eigenvalue weighted by atomic mass is 31.2. The Labute approximate surface area is 530 Å². The summed E-state index contributed by atoms with van der Waals surface area (Å²) < 4.78 is 68.0. The van der Waals surface area contributed by atoms with E-state index in [-0.39, 0.29) is 25.7 Å². The second-order valence-corrected chi connectivity index (χ2v) is 28.2. The fraction of sp³-hybridized carbons (Fsp3) is 0.941. The summed E-state index contributed by atoms with van der Waals surface area (Å²) in [6.45, 7) is 9.51. The summed E-state index contributed by atoms with van der Waals surface area (Å²) >= 11 is 0. The van der Waals surface area contributed by atoms with Gasteiger partial charge in [0.05, 0.1) is 26.4 Å². The van der Waals surface area contributed by atoms with Crippen LogP contribution >= 0.6 is 15.6 Å². The molecule has 0 saturated carbocycles. The van der Waals surface area contributed by atoms with E-state index < -0.39 is 97.5 Å². The number of rotatable bonds is 67. The van der Waals surface area contributed by atoms with Crippen molar-refractivity contribution in [2.75, 3.05) is 39.6 Å². The second-order valence-electron chi connectivity index (χ2n) is 25.3. The molecule has 0 aromatic heterocycles. The van der Waals surface area contributed by atoms with Gasteiger partial charge in [0.2, 0.25) is 0 Å². The Balaban J connectivity index is 5.17. The molecule has 0 aromatic rings. The van der Waals surface area contributed by atoms with Crippen LogP contribution < -0.4 is 0 Å². The smallest absolute Gasteiger partial charge is 0.462 e. The Hall–Kier alpha value is -1.94. The van der Waals surface area contributed by atoms with Crippen molar-refractivity contribution in [3.63, 3.8) is 0 Å². The van der Waals surface area contributed by atoms with Gasteiger partial charge >= 0.3 is 39.5 Å². The van der Waals surface area contributed by atoms with Crippen LogP contribution in [0, 0.1) is 11.8 Å². The lowest BCUT2D eigenvalue weighted by atomic mass is 9.99. The lowest BCUT2D eigenvalue weighted by Gasteiger charge is -2.21. The molecule has 87 heavy (non-hydrogen) atoms. The van der Waals surface area contributed by atoms with Gasteiger partial charge in [-0.3, -0.25) is 37.3 Å². The molecular weight excluding hydrogens is 1150 g/mol. The number of aliphatic hydroxyl groups excluding tert-OH is 1. The van der Waals surface area contributed by atoms with Crippen molar-refractivity contribution >= 4 is 39.5 Å². The Bertz CT molecular complexity index is 1700. The number of aliphatic hydroxyl groups is 1. The maximum Gasteiger partial charge on any atom is 0.472 e. The first-order chi connectivity index (χ1) is 41.9. The summed E-state index contributed by atoms with van der Waals surface area (Å²) in [6, 6.07) is 0. The molecule has 0 aromatic carbocycles. The molecule has 6 atom stereocenters. The molecule has 19 heteroatoms. The molecule has 0 spiro atoms. The zero-order chi connectivity index (χ0) is 64.3. The SMILES string of the molecule is CCCCCCCCCCC(=O)OC[C@H](COP(=O)(O)OC[C@H](O)COP(=O)(O)OC[C@@H](COC(=O)CCCCCCCCCCC(C)CC)OC(=O)CCCCCCCCCCCCCCCCCCC(C)C)OC(=O)CCCCCCCCCC. The third-order valence-electron chi connectivity index (χ3n) is 16.1. The van der Waals surface area contributed by atoms with Crippen molar-refractivity contribution in [1.29, 1.82) is 0 Å². The number of carbonyl (C=O) groups excluding carboxylic acids is 4. The number of carbonyl (C=O) groups is 4. The van der Waals surface area contributed by atoms with Crippen LogP contribution in [0.2, 0.25) is 0 Å². The van der Waals surface area contributed by atoms with E-state index in [4.69, 9.17) is 37.0 Å². The van der Waals surface area contributed by atoms with Gasteiger partial charge in [0.15, 0.2) is 12.2 Å². The zero-order valence-electron chi connectivity index (χ0n) is 56.3. The highest BCUT2D eigenvalue weighted by Crippen LogP contribution is 2.45. The highest BCUT2D eigenvalue weighted by molar-refractivity contribution is 7.47. The van der Waals surface area contributed by atoms with Crippen LogP contribution in [0.1, 0.15) is 343 Å². The number of esters is 4. The Morgan fingerprint density at radius 1 is 0.333 bits per heavy atom. The van der Waals surface area contributed by atoms with Crippen molar-refractivity contribution in [3.8, 4) is 0 Å². The summed E-state index contributed by atoms with van der Waals surface area (Å²) in [7, 11) is -9.89. The Kier molecular flexibility index (Phi) is 59.0. The van der Waals surface area contributed by atoms with Crippen LogP contribution in [-0.2, 0) is 65.4 Å². The van der Waals surface area contributed by atoms with Gasteiger partial charge in [0, 0.05) is 25.7 Å². The Morgan fingerprint density at radius 2 is 0.586 bits per heavy atom. The molecule has 0 rings (SSSR count). The minimum atomic E-state index is -4.95. The normalized spacial score (nSPS) is 14.5. The molecule has 0 amide bonds. The van der Waals surface area contributed by atoms with E-state index in [0.717, 1.165) is 115 Å². The van der Waals surface area contributed by atoms with Gasteiger partial charge in [-0.05, 0) is 37.5 Å². The number of hydrogen-bond acceptors (Lipinski definition) is 15. The van der Waals surface area contributed by atoms with Gasteiger partial charge in [0.1, 0.15) is 19.3 Å². The topological polar surface area (TPSA) is 237 Å². The average Bonchev–Trinajstić information content (AvgIpc) is 3.70. The first-order valence-corrected chi connectivity index (χ1v) is 38.5. The minimum absolute atomic E-state index is 0.105. The van der Waals surface area contributed by atoms with Gasteiger partial charge in [-0.25, -0.2) is 9.13 Å². The first kappa shape index (κ1) is 85.1. The number of ether oxygens (including phenoxy) is 4. The summed E-state index contributed by atoms with van der Waals surface area (Å²) in [5.74, 6) is -0.546. The standard InChI is InChI=1S/C68H132O17P2/c1-7-10-12-14-16-32-38-44-50-65(70)78-56-63(84-67(72)52-46-40-33-17-15-13-11-8-2)58-82-86(74,75)80-54-62(69)55-81-87(76,77)83-59-64(57-79-66(71)51-45-39-34-29-28-31-37-43-49-61(6)9-3)85-68(73)53-47-41-35-27-25-23-21-19-18-20-22-24-26-30-36-42-48-60(4)5/h60-64,69H,7-59H2,1-6H3,(H,74,75)(H,76,77)/t61?,62-,63+,64+/m0/s1. The van der Waals surface area contributed by atoms with Crippen molar-refractivity contribution in [1.82, 2.24) is 0 Å². The molecule has 0 saturated heterocycles. The monoisotopic (exact) mass is 1280 g/mol. The van der Waals surface area contributed by atoms with Crippen LogP contribution in [0.5, 0.6) is 0 Å². The fourth-order valence-corrected chi connectivity index (χ4v) is 11.8. The van der Waals surface area contributed by atoms with Crippen LogP contribution in [0.4, 0.5) is 0 Å². The van der Waals surface area contributed by atoms with Gasteiger partial charge in [-0.15, -0.1) is 0 Å². The number of hydrogen-bond donors (Lipinski definition) is 3. The minimum Gasteiger partial charge on any atom is -0.462 e. The molecular formula is C68H132O17P2. The summed E-state index contributed by atoms with van der Waals surface area (Å²) in [5, 5.41) is 10.5. The van der Waals surface area contributed by atoms with E-state index in [1.54, 1.807) is 0 Å². The van der Waals surface area contributed by atoms with E-state index in [1.165, 1.54) is 148 Å². The quantitative estimate of drug-likeness (QED) is 0.0222. The molecule has 0 aliphatic heterocycles. The highest BCUT2D eigenvalue weighted by Gasteiger charge is 2.30. The van der Waals surface area contributed by atoms with E-state index in [2.05, 4.69) is 41.5 Å². The number of phosphoric ester groups is 2. The van der Waals surface area contributed by atoms with Crippen molar-refractivity contribution in [3.05, 3.63) is 0 Å². The maximum absolute atomic E-state index is 13.0. The summed E-state index contributed by atoms with van der Waals surface area (Å²) in [6.07, 6.45) is 44.6. The summed E-state index contributed by atoms with van der Waals surface area (Å²) in [4.78, 5) is 72.2. The fourth-order valence-electron chi connectivity index (χ4n) is 10.2. The molecule has 3 N–H and O–H groups in total. The second kappa shape index (κ2) is 60.3. The molecule has 516 valence electrons. The van der Waals surface area contributed by atoms with Gasteiger partial charge in [0.25, 0.3) is 0 Å². The molecule has 0 heterocycles. The van der Waals surface area contributed by atoms with Crippen LogP contribution in [0.25, 0.3) is 0 Å². The van der Waals surface area contributed by atoms with Crippen molar-refractivity contribution in [2.45, 2.75) is 362 Å². The maximum atomic E-state index is 13.0. The van der Waals surface area contributed by atoms with E-state index >= 15 is 0 Å². The summed E-state index contributed by atoms with van der Waals surface area (Å²) in [5.41, 5.74) is 0. The largest absolute Gasteiger partial charge is 0.472 e. The lowest BCUT2D eigenvalue weighted by molar-refractivity contribution is -0.161. The third kappa shape index (κ3) is 61.3. The number of phosphoric acid groups is 2. The lowest BCUT2D eigenvalue weighted by Crippen LogP contribution is -2.30. The third-order valence-corrected chi connectivity index (χ3v) is 18.0. The van der Waals surface area contributed by atoms with E-state index in [1.807, 2.05) is 0 Å².